The van der Waals surface area contributed by atoms with Gasteiger partial charge in [-0.15, -0.1) is 0 Å². The van der Waals surface area contributed by atoms with E-state index in [4.69, 9.17) is 4.42 Å². The molecule has 1 aliphatic carbocycles. The van der Waals surface area contributed by atoms with E-state index in [1.165, 1.54) is 76.8 Å². The predicted molar refractivity (Wildman–Crippen MR) is 187 cm³/mol. The van der Waals surface area contributed by atoms with Gasteiger partial charge in [0.2, 0.25) is 0 Å². The van der Waals surface area contributed by atoms with E-state index in [1.54, 1.807) is 0 Å². The van der Waals surface area contributed by atoms with E-state index >= 15 is 0 Å². The first-order valence-corrected chi connectivity index (χ1v) is 15.5. The van der Waals surface area contributed by atoms with Crippen molar-refractivity contribution in [3.63, 3.8) is 0 Å². The summed E-state index contributed by atoms with van der Waals surface area (Å²) in [5.41, 5.74) is 12.3. The molecule has 0 aliphatic heterocycles. The summed E-state index contributed by atoms with van der Waals surface area (Å²) in [4.78, 5) is 0. The molecule has 1 atom stereocenters. The standard InChI is InChI=1S/C43H30O/c1-27-19-21-36-39(23-27)42(31-20-22-40-37(25-31)38-24-29-13-5-6-14-30(29)26-41(38)44-40)34-17-9-10-18-35(34)43(36)33-16-8-7-15-32(33)28-11-3-2-4-12-28/h2-22,24-27H,23H2,1H3. The van der Waals surface area contributed by atoms with Gasteiger partial charge in [0.25, 0.3) is 0 Å². The zero-order valence-electron chi connectivity index (χ0n) is 24.5. The number of allylic oxidation sites excluding steroid dienone is 1. The lowest BCUT2D eigenvalue weighted by molar-refractivity contribution is 0.669. The van der Waals surface area contributed by atoms with Crippen molar-refractivity contribution in [2.75, 3.05) is 0 Å². The third-order valence-corrected chi connectivity index (χ3v) is 9.39. The van der Waals surface area contributed by atoms with Gasteiger partial charge in [0.1, 0.15) is 11.2 Å². The van der Waals surface area contributed by atoms with Crippen molar-refractivity contribution in [2.24, 2.45) is 5.92 Å². The van der Waals surface area contributed by atoms with Gasteiger partial charge >= 0.3 is 0 Å². The molecule has 1 unspecified atom stereocenters. The average molecular weight is 563 g/mol. The van der Waals surface area contributed by atoms with Crippen LogP contribution in [0.2, 0.25) is 0 Å². The number of benzene rings is 7. The van der Waals surface area contributed by atoms with Gasteiger partial charge in [-0.25, -0.2) is 0 Å². The molecular weight excluding hydrogens is 532 g/mol. The smallest absolute Gasteiger partial charge is 0.136 e. The van der Waals surface area contributed by atoms with E-state index in [0.29, 0.717) is 5.92 Å². The molecule has 0 fully saturated rings. The highest BCUT2D eigenvalue weighted by atomic mass is 16.3. The predicted octanol–water partition coefficient (Wildman–Crippen LogP) is 12.1. The summed E-state index contributed by atoms with van der Waals surface area (Å²) in [6.45, 7) is 2.33. The second-order valence-electron chi connectivity index (χ2n) is 12.1. The Balaban J connectivity index is 1.35. The van der Waals surface area contributed by atoms with Gasteiger partial charge in [0, 0.05) is 10.8 Å². The van der Waals surface area contributed by atoms with Crippen LogP contribution >= 0.6 is 0 Å². The largest absolute Gasteiger partial charge is 0.456 e. The normalized spacial score (nSPS) is 14.5. The van der Waals surface area contributed by atoms with Gasteiger partial charge in [-0.05, 0) is 103 Å². The molecule has 1 aliphatic rings. The van der Waals surface area contributed by atoms with Gasteiger partial charge in [-0.2, -0.15) is 0 Å². The monoisotopic (exact) mass is 562 g/mol. The Morgan fingerprint density at radius 1 is 0.523 bits per heavy atom. The van der Waals surface area contributed by atoms with Gasteiger partial charge in [0.05, 0.1) is 0 Å². The summed E-state index contributed by atoms with van der Waals surface area (Å²) in [6.07, 6.45) is 5.77. The minimum absolute atomic E-state index is 0.462. The molecule has 7 aromatic carbocycles. The van der Waals surface area contributed by atoms with Crippen molar-refractivity contribution in [2.45, 2.75) is 13.3 Å². The van der Waals surface area contributed by atoms with Crippen LogP contribution in [0.25, 0.3) is 82.9 Å². The molecule has 1 nitrogen and oxygen atoms in total. The number of furan rings is 1. The molecule has 1 heteroatoms. The van der Waals surface area contributed by atoms with Crippen molar-refractivity contribution >= 4 is 49.6 Å². The molecule has 0 N–H and O–H groups in total. The fourth-order valence-corrected chi connectivity index (χ4v) is 7.37. The Kier molecular flexibility index (Phi) is 5.61. The van der Waals surface area contributed by atoms with Gasteiger partial charge in [-0.1, -0.05) is 128 Å². The highest BCUT2D eigenvalue weighted by Crippen LogP contribution is 2.48. The highest BCUT2D eigenvalue weighted by molar-refractivity contribution is 6.15. The van der Waals surface area contributed by atoms with Crippen LogP contribution in [0.4, 0.5) is 0 Å². The Labute approximate surface area is 256 Å². The van der Waals surface area contributed by atoms with E-state index in [9.17, 15) is 0 Å². The maximum absolute atomic E-state index is 6.39. The molecule has 208 valence electrons. The van der Waals surface area contributed by atoms with Gasteiger partial charge < -0.3 is 4.42 Å². The minimum Gasteiger partial charge on any atom is -0.456 e. The van der Waals surface area contributed by atoms with Crippen molar-refractivity contribution in [1.82, 2.24) is 0 Å². The van der Waals surface area contributed by atoms with Crippen LogP contribution in [0.3, 0.4) is 0 Å². The first-order chi connectivity index (χ1) is 21.7. The SMILES string of the molecule is CC1C=Cc2c(c(-c3ccc4oc5cc6ccccc6cc5c4c3)c3ccccc3c2-c2ccccc2-c2ccccc2)C1. The van der Waals surface area contributed by atoms with E-state index in [0.717, 1.165) is 17.6 Å². The molecule has 0 saturated carbocycles. The summed E-state index contributed by atoms with van der Waals surface area (Å²) in [5.74, 6) is 0.462. The summed E-state index contributed by atoms with van der Waals surface area (Å²) in [5, 5.41) is 7.35. The lowest BCUT2D eigenvalue weighted by Crippen LogP contribution is -2.08. The van der Waals surface area contributed by atoms with E-state index < -0.39 is 0 Å². The highest BCUT2D eigenvalue weighted by Gasteiger charge is 2.25. The zero-order valence-corrected chi connectivity index (χ0v) is 24.5. The van der Waals surface area contributed by atoms with Crippen LogP contribution in [0.15, 0.2) is 144 Å². The average Bonchev–Trinajstić information content (AvgIpc) is 3.43. The Hall–Kier alpha value is -5.40. The topological polar surface area (TPSA) is 13.1 Å². The minimum atomic E-state index is 0.462. The fraction of sp³-hybridized carbons (Fsp3) is 0.0698. The molecule has 9 rings (SSSR count). The van der Waals surface area contributed by atoms with Crippen LogP contribution in [0, 0.1) is 5.92 Å². The van der Waals surface area contributed by atoms with Gasteiger partial charge in [-0.3, -0.25) is 0 Å². The molecule has 8 aromatic rings. The third-order valence-electron chi connectivity index (χ3n) is 9.39. The number of fused-ring (bicyclic) bond motifs is 6. The van der Waals surface area contributed by atoms with Crippen molar-refractivity contribution < 1.29 is 4.42 Å². The molecule has 0 saturated heterocycles. The first-order valence-electron chi connectivity index (χ1n) is 15.5. The summed E-state index contributed by atoms with van der Waals surface area (Å²) < 4.78 is 6.39. The van der Waals surface area contributed by atoms with Crippen LogP contribution < -0.4 is 0 Å². The number of rotatable bonds is 3. The maximum Gasteiger partial charge on any atom is 0.136 e. The quantitative estimate of drug-likeness (QED) is 0.209. The van der Waals surface area contributed by atoms with E-state index in [1.807, 2.05) is 0 Å². The fourth-order valence-electron chi connectivity index (χ4n) is 7.37. The molecule has 0 amide bonds. The summed E-state index contributed by atoms with van der Waals surface area (Å²) >= 11 is 0. The number of hydrogen-bond donors (Lipinski definition) is 0. The van der Waals surface area contributed by atoms with Crippen LogP contribution in [-0.2, 0) is 6.42 Å². The van der Waals surface area contributed by atoms with E-state index in [2.05, 4.69) is 153 Å². The van der Waals surface area contributed by atoms with Crippen molar-refractivity contribution in [3.05, 3.63) is 151 Å². The third kappa shape index (κ3) is 3.86. The first kappa shape index (κ1) is 25.1. The summed E-state index contributed by atoms with van der Waals surface area (Å²) in [7, 11) is 0. The molecule has 0 spiro atoms. The Morgan fingerprint density at radius 2 is 1.18 bits per heavy atom. The Morgan fingerprint density at radius 3 is 2.00 bits per heavy atom. The van der Waals surface area contributed by atoms with Crippen molar-refractivity contribution in [3.8, 4) is 33.4 Å². The van der Waals surface area contributed by atoms with E-state index in [-0.39, 0.29) is 0 Å². The van der Waals surface area contributed by atoms with Crippen LogP contribution in [-0.4, -0.2) is 0 Å². The van der Waals surface area contributed by atoms with Crippen LogP contribution in [0.1, 0.15) is 18.1 Å². The summed E-state index contributed by atoms with van der Waals surface area (Å²) in [6, 6.07) is 48.4. The lowest BCUT2D eigenvalue weighted by Gasteiger charge is -2.26. The molecule has 1 aromatic heterocycles. The van der Waals surface area contributed by atoms with Gasteiger partial charge in [0.15, 0.2) is 0 Å². The molecule has 1 heterocycles. The lowest BCUT2D eigenvalue weighted by atomic mass is 9.77. The zero-order chi connectivity index (χ0) is 29.2. The van der Waals surface area contributed by atoms with Crippen molar-refractivity contribution in [1.29, 1.82) is 0 Å². The second kappa shape index (κ2) is 9.82. The molecule has 0 bridgehead atoms. The molecule has 0 radical (unpaired) electrons. The molecule has 44 heavy (non-hydrogen) atoms. The second-order valence-corrected chi connectivity index (χ2v) is 12.1. The molecular formula is C43H30O. The Bertz CT molecular complexity index is 2420. The maximum atomic E-state index is 6.39. The van der Waals surface area contributed by atoms with Crippen LogP contribution in [0.5, 0.6) is 0 Å². The number of hydrogen-bond acceptors (Lipinski definition) is 1.